The van der Waals surface area contributed by atoms with E-state index in [9.17, 15) is 0 Å². The van der Waals surface area contributed by atoms with Crippen molar-refractivity contribution >= 4 is 0 Å². The minimum Gasteiger partial charge on any atom is -0.377 e. The summed E-state index contributed by atoms with van der Waals surface area (Å²) in [6.45, 7) is 3.73. The van der Waals surface area contributed by atoms with Gasteiger partial charge in [-0.05, 0) is 38.8 Å². The summed E-state index contributed by atoms with van der Waals surface area (Å²) in [5.74, 6) is 0. The van der Waals surface area contributed by atoms with Crippen LogP contribution in [-0.2, 0) is 4.74 Å². The molecule has 1 aliphatic heterocycles. The Bertz CT molecular complexity index is 101. The molecule has 0 aromatic rings. The molecule has 1 fully saturated rings. The third-order valence-corrected chi connectivity index (χ3v) is 2.20. The van der Waals surface area contributed by atoms with Crippen LogP contribution in [-0.4, -0.2) is 32.3 Å². The molecule has 1 aliphatic rings. The van der Waals surface area contributed by atoms with Crippen LogP contribution in [0.4, 0.5) is 0 Å². The lowest BCUT2D eigenvalue weighted by molar-refractivity contribution is 0.0503. The first-order valence-electron chi connectivity index (χ1n) is 4.96. The summed E-state index contributed by atoms with van der Waals surface area (Å²) in [6.07, 6.45) is 5.20. The molecule has 0 aromatic heterocycles. The summed E-state index contributed by atoms with van der Waals surface area (Å²) in [7, 11) is 0. The second-order valence-corrected chi connectivity index (χ2v) is 3.33. The summed E-state index contributed by atoms with van der Waals surface area (Å²) in [4.78, 5) is 0. The summed E-state index contributed by atoms with van der Waals surface area (Å²) in [5.41, 5.74) is 5.38. The minimum absolute atomic E-state index is 0.430. The SMILES string of the molecule is NCCCOC1CCCCNC1. The summed E-state index contributed by atoms with van der Waals surface area (Å²) in [5, 5.41) is 3.37. The van der Waals surface area contributed by atoms with Gasteiger partial charge in [0.05, 0.1) is 6.10 Å². The third kappa shape index (κ3) is 4.04. The predicted octanol–water partition coefficient (Wildman–Crippen LogP) is 0.494. The summed E-state index contributed by atoms with van der Waals surface area (Å²) in [6, 6.07) is 0. The highest BCUT2D eigenvalue weighted by Crippen LogP contribution is 2.07. The number of nitrogens with one attached hydrogen (secondary N) is 1. The van der Waals surface area contributed by atoms with Crippen LogP contribution in [0, 0.1) is 0 Å². The second kappa shape index (κ2) is 6.40. The summed E-state index contributed by atoms with van der Waals surface area (Å²) < 4.78 is 5.66. The predicted molar refractivity (Wildman–Crippen MR) is 50.1 cm³/mol. The van der Waals surface area contributed by atoms with Crippen LogP contribution >= 0.6 is 0 Å². The molecular formula is C9H20N2O. The Balaban J connectivity index is 2.04. The molecule has 12 heavy (non-hydrogen) atoms. The Labute approximate surface area is 74.7 Å². The molecule has 3 nitrogen and oxygen atoms in total. The van der Waals surface area contributed by atoms with Gasteiger partial charge in [0.25, 0.3) is 0 Å². The zero-order chi connectivity index (χ0) is 8.65. The Kier molecular flexibility index (Phi) is 5.32. The zero-order valence-electron chi connectivity index (χ0n) is 7.72. The van der Waals surface area contributed by atoms with E-state index in [2.05, 4.69) is 5.32 Å². The quantitative estimate of drug-likeness (QED) is 0.607. The van der Waals surface area contributed by atoms with E-state index < -0.39 is 0 Å². The first-order chi connectivity index (χ1) is 5.93. The van der Waals surface area contributed by atoms with Crippen LogP contribution in [0.2, 0.25) is 0 Å². The molecule has 1 saturated heterocycles. The lowest BCUT2D eigenvalue weighted by atomic mass is 10.2. The van der Waals surface area contributed by atoms with Gasteiger partial charge in [-0.1, -0.05) is 0 Å². The molecule has 0 radical (unpaired) electrons. The van der Waals surface area contributed by atoms with E-state index in [0.717, 1.165) is 32.7 Å². The van der Waals surface area contributed by atoms with Gasteiger partial charge in [0.2, 0.25) is 0 Å². The molecule has 3 heteroatoms. The van der Waals surface area contributed by atoms with E-state index in [1.807, 2.05) is 0 Å². The van der Waals surface area contributed by atoms with Gasteiger partial charge in [-0.2, -0.15) is 0 Å². The molecule has 72 valence electrons. The van der Waals surface area contributed by atoms with E-state index >= 15 is 0 Å². The van der Waals surface area contributed by atoms with Gasteiger partial charge in [0.1, 0.15) is 0 Å². The van der Waals surface area contributed by atoms with Gasteiger partial charge in [-0.25, -0.2) is 0 Å². The number of ether oxygens (including phenoxy) is 1. The topological polar surface area (TPSA) is 47.3 Å². The average Bonchev–Trinajstić information content (AvgIpc) is 2.33. The van der Waals surface area contributed by atoms with E-state index in [-0.39, 0.29) is 0 Å². The fraction of sp³-hybridized carbons (Fsp3) is 1.00. The smallest absolute Gasteiger partial charge is 0.0699 e. The van der Waals surface area contributed by atoms with Crippen molar-refractivity contribution in [3.8, 4) is 0 Å². The van der Waals surface area contributed by atoms with Crippen LogP contribution in [0.1, 0.15) is 25.7 Å². The van der Waals surface area contributed by atoms with Gasteiger partial charge in [0, 0.05) is 13.2 Å². The zero-order valence-corrected chi connectivity index (χ0v) is 7.72. The average molecular weight is 172 g/mol. The Morgan fingerprint density at radius 2 is 2.33 bits per heavy atom. The van der Waals surface area contributed by atoms with E-state index in [0.29, 0.717) is 6.10 Å². The van der Waals surface area contributed by atoms with Crippen molar-refractivity contribution in [3.05, 3.63) is 0 Å². The molecule has 0 amide bonds. The molecule has 1 unspecified atom stereocenters. The number of rotatable bonds is 4. The van der Waals surface area contributed by atoms with E-state index in [4.69, 9.17) is 10.5 Å². The molecule has 0 spiro atoms. The van der Waals surface area contributed by atoms with Gasteiger partial charge in [-0.3, -0.25) is 0 Å². The maximum Gasteiger partial charge on any atom is 0.0699 e. The van der Waals surface area contributed by atoms with Crippen molar-refractivity contribution in [3.63, 3.8) is 0 Å². The molecule has 1 heterocycles. The van der Waals surface area contributed by atoms with Gasteiger partial charge in [-0.15, -0.1) is 0 Å². The Hall–Kier alpha value is -0.120. The maximum atomic E-state index is 5.66. The van der Waals surface area contributed by atoms with Gasteiger partial charge < -0.3 is 15.8 Å². The van der Waals surface area contributed by atoms with Crippen LogP contribution in [0.3, 0.4) is 0 Å². The second-order valence-electron chi connectivity index (χ2n) is 3.33. The molecule has 0 aromatic carbocycles. The molecular weight excluding hydrogens is 152 g/mol. The normalized spacial score (nSPS) is 25.2. The van der Waals surface area contributed by atoms with E-state index in [1.54, 1.807) is 0 Å². The fourth-order valence-electron chi connectivity index (χ4n) is 1.46. The highest BCUT2D eigenvalue weighted by molar-refractivity contribution is 4.66. The Morgan fingerprint density at radius 3 is 3.17 bits per heavy atom. The van der Waals surface area contributed by atoms with Crippen LogP contribution in [0.5, 0.6) is 0 Å². The number of nitrogens with two attached hydrogens (primary N) is 1. The monoisotopic (exact) mass is 172 g/mol. The first-order valence-corrected chi connectivity index (χ1v) is 4.96. The largest absolute Gasteiger partial charge is 0.377 e. The van der Waals surface area contributed by atoms with Crippen LogP contribution in [0.15, 0.2) is 0 Å². The molecule has 1 rings (SSSR count). The van der Waals surface area contributed by atoms with Crippen molar-refractivity contribution in [2.75, 3.05) is 26.2 Å². The molecule has 0 bridgehead atoms. The molecule has 3 N–H and O–H groups in total. The third-order valence-electron chi connectivity index (χ3n) is 2.20. The standard InChI is InChI=1S/C9H20N2O/c10-5-3-7-12-9-4-1-2-6-11-8-9/h9,11H,1-8,10H2. The maximum absolute atomic E-state index is 5.66. The van der Waals surface area contributed by atoms with Gasteiger partial charge >= 0.3 is 0 Å². The highest BCUT2D eigenvalue weighted by atomic mass is 16.5. The molecule has 1 atom stereocenters. The first kappa shape index (κ1) is 9.96. The summed E-state index contributed by atoms with van der Waals surface area (Å²) >= 11 is 0. The van der Waals surface area contributed by atoms with Crippen molar-refractivity contribution in [2.45, 2.75) is 31.8 Å². The fourth-order valence-corrected chi connectivity index (χ4v) is 1.46. The lowest BCUT2D eigenvalue weighted by Gasteiger charge is -2.14. The van der Waals surface area contributed by atoms with Crippen molar-refractivity contribution < 1.29 is 4.74 Å². The van der Waals surface area contributed by atoms with Gasteiger partial charge in [0.15, 0.2) is 0 Å². The van der Waals surface area contributed by atoms with Crippen LogP contribution in [0.25, 0.3) is 0 Å². The minimum atomic E-state index is 0.430. The Morgan fingerprint density at radius 1 is 1.42 bits per heavy atom. The number of hydrogen-bond donors (Lipinski definition) is 2. The van der Waals surface area contributed by atoms with Crippen molar-refractivity contribution in [2.24, 2.45) is 5.73 Å². The molecule has 0 saturated carbocycles. The molecule has 0 aliphatic carbocycles. The number of hydrogen-bond acceptors (Lipinski definition) is 3. The van der Waals surface area contributed by atoms with E-state index in [1.165, 1.54) is 19.3 Å². The van der Waals surface area contributed by atoms with Crippen LogP contribution < -0.4 is 11.1 Å². The highest BCUT2D eigenvalue weighted by Gasteiger charge is 2.10. The van der Waals surface area contributed by atoms with Crippen molar-refractivity contribution in [1.29, 1.82) is 0 Å². The van der Waals surface area contributed by atoms with Crippen molar-refractivity contribution in [1.82, 2.24) is 5.32 Å². The lowest BCUT2D eigenvalue weighted by Crippen LogP contribution is -2.27.